The molecule has 0 fully saturated rings. The van der Waals surface area contributed by atoms with Gasteiger partial charge < -0.3 is 15.6 Å². The molecular weight excluding hydrogens is 164 g/mol. The molecule has 0 aliphatic carbocycles. The molecule has 0 aromatic heterocycles. The zero-order chi connectivity index (χ0) is 9.14. The molecule has 0 aromatic rings. The molecule has 0 spiro atoms. The zero-order valence-corrected chi connectivity index (χ0v) is 5.87. The Balaban J connectivity index is 3.08. The molecule has 0 unspecified atom stereocenters. The van der Waals surface area contributed by atoms with Crippen LogP contribution < -0.4 is 10.9 Å². The van der Waals surface area contributed by atoms with Crippen LogP contribution in [0.4, 0.5) is 0 Å². The molecule has 0 saturated carbocycles. The molecule has 12 heavy (non-hydrogen) atoms. The van der Waals surface area contributed by atoms with E-state index in [0.29, 0.717) is 0 Å². The maximum Gasteiger partial charge on any atom is 0.354 e. The Morgan fingerprint density at radius 3 is 2.33 bits per heavy atom. The third kappa shape index (κ3) is 1.36. The van der Waals surface area contributed by atoms with Gasteiger partial charge in [0.15, 0.2) is 5.70 Å². The molecule has 0 saturated heterocycles. The SMILES string of the molecule is O=C(O)C1=C(C(=O)O)NNC=C1. The number of nitrogens with one attached hydrogen (secondary N) is 2. The number of aliphatic carboxylic acids is 2. The first-order valence-electron chi connectivity index (χ1n) is 3.02. The van der Waals surface area contributed by atoms with Crippen molar-refractivity contribution in [2.45, 2.75) is 0 Å². The van der Waals surface area contributed by atoms with Crippen LogP contribution in [-0.2, 0) is 9.59 Å². The summed E-state index contributed by atoms with van der Waals surface area (Å²) >= 11 is 0. The lowest BCUT2D eigenvalue weighted by Crippen LogP contribution is -2.35. The van der Waals surface area contributed by atoms with Crippen LogP contribution in [0.1, 0.15) is 0 Å². The lowest BCUT2D eigenvalue weighted by atomic mass is 10.2. The van der Waals surface area contributed by atoms with Crippen LogP contribution in [0.5, 0.6) is 0 Å². The fourth-order valence-electron chi connectivity index (χ4n) is 0.736. The Labute approximate surface area is 67.2 Å². The van der Waals surface area contributed by atoms with Crippen molar-refractivity contribution < 1.29 is 19.8 Å². The van der Waals surface area contributed by atoms with Crippen LogP contribution >= 0.6 is 0 Å². The van der Waals surface area contributed by atoms with E-state index in [9.17, 15) is 9.59 Å². The molecule has 1 heterocycles. The minimum absolute atomic E-state index is 0.277. The van der Waals surface area contributed by atoms with Gasteiger partial charge in [-0.25, -0.2) is 9.59 Å². The maximum atomic E-state index is 10.4. The van der Waals surface area contributed by atoms with Gasteiger partial charge in [0.05, 0.1) is 5.57 Å². The van der Waals surface area contributed by atoms with Crippen molar-refractivity contribution in [3.8, 4) is 0 Å². The summed E-state index contributed by atoms with van der Waals surface area (Å²) in [6, 6.07) is 0. The topological polar surface area (TPSA) is 98.7 Å². The van der Waals surface area contributed by atoms with Gasteiger partial charge in [-0.2, -0.15) is 0 Å². The van der Waals surface area contributed by atoms with E-state index in [-0.39, 0.29) is 11.3 Å². The van der Waals surface area contributed by atoms with Crippen molar-refractivity contribution in [3.63, 3.8) is 0 Å². The molecular formula is C6H6N2O4. The van der Waals surface area contributed by atoms with Crippen LogP contribution in [0.15, 0.2) is 23.5 Å². The maximum absolute atomic E-state index is 10.4. The Kier molecular flexibility index (Phi) is 2.00. The molecule has 0 bridgehead atoms. The summed E-state index contributed by atoms with van der Waals surface area (Å²) in [5.41, 5.74) is 3.93. The van der Waals surface area contributed by atoms with E-state index < -0.39 is 11.9 Å². The molecule has 1 rings (SSSR count). The van der Waals surface area contributed by atoms with Gasteiger partial charge in [-0.3, -0.25) is 5.43 Å². The average molecular weight is 170 g/mol. The van der Waals surface area contributed by atoms with Gasteiger partial charge in [-0.1, -0.05) is 0 Å². The molecule has 0 aromatic carbocycles. The average Bonchev–Trinajstić information content (AvgIpc) is 2.04. The highest BCUT2D eigenvalue weighted by Gasteiger charge is 2.19. The van der Waals surface area contributed by atoms with Gasteiger partial charge in [0.1, 0.15) is 0 Å². The van der Waals surface area contributed by atoms with Crippen molar-refractivity contribution in [2.24, 2.45) is 0 Å². The van der Waals surface area contributed by atoms with E-state index in [2.05, 4.69) is 10.9 Å². The predicted octanol–water partition coefficient (Wildman–Crippen LogP) is -0.969. The van der Waals surface area contributed by atoms with Crippen molar-refractivity contribution in [1.82, 2.24) is 10.9 Å². The van der Waals surface area contributed by atoms with Crippen molar-refractivity contribution in [3.05, 3.63) is 23.5 Å². The molecule has 0 atom stereocenters. The van der Waals surface area contributed by atoms with E-state index in [0.717, 1.165) is 0 Å². The zero-order valence-electron chi connectivity index (χ0n) is 5.87. The monoisotopic (exact) mass is 170 g/mol. The number of hydrogen-bond donors (Lipinski definition) is 4. The van der Waals surface area contributed by atoms with Gasteiger partial charge in [-0.05, 0) is 6.08 Å². The lowest BCUT2D eigenvalue weighted by Gasteiger charge is -2.12. The summed E-state index contributed by atoms with van der Waals surface area (Å²) in [5, 5.41) is 17.0. The van der Waals surface area contributed by atoms with E-state index in [1.807, 2.05) is 0 Å². The summed E-state index contributed by atoms with van der Waals surface area (Å²) in [6.45, 7) is 0. The van der Waals surface area contributed by atoms with Gasteiger partial charge in [0, 0.05) is 6.20 Å². The Bertz CT molecular complexity index is 292. The van der Waals surface area contributed by atoms with Gasteiger partial charge >= 0.3 is 11.9 Å². The number of carboxylic acid groups (broad SMARTS) is 2. The standard InChI is InChI=1S/C6H6N2O4/c9-5(10)3-1-2-7-8-4(3)6(11)12/h1-2,7-8H,(H,9,10)(H,11,12). The molecule has 64 valence electrons. The van der Waals surface area contributed by atoms with Crippen molar-refractivity contribution in [1.29, 1.82) is 0 Å². The molecule has 1 aliphatic heterocycles. The van der Waals surface area contributed by atoms with E-state index in [1.165, 1.54) is 12.3 Å². The highest BCUT2D eigenvalue weighted by molar-refractivity contribution is 6.00. The van der Waals surface area contributed by atoms with Crippen LogP contribution in [-0.4, -0.2) is 22.2 Å². The quantitative estimate of drug-likeness (QED) is 0.425. The van der Waals surface area contributed by atoms with Crippen molar-refractivity contribution >= 4 is 11.9 Å². The molecule has 4 N–H and O–H groups in total. The van der Waals surface area contributed by atoms with Gasteiger partial charge in [0.25, 0.3) is 0 Å². The molecule has 0 radical (unpaired) electrons. The molecule has 1 aliphatic rings. The first-order valence-corrected chi connectivity index (χ1v) is 3.02. The summed E-state index contributed by atoms with van der Waals surface area (Å²) in [7, 11) is 0. The number of carboxylic acids is 2. The molecule has 6 heteroatoms. The highest BCUT2D eigenvalue weighted by Crippen LogP contribution is 2.06. The Hall–Kier alpha value is -1.98. The van der Waals surface area contributed by atoms with Crippen LogP contribution in [0.2, 0.25) is 0 Å². The second kappa shape index (κ2) is 2.95. The van der Waals surface area contributed by atoms with Crippen LogP contribution in [0.3, 0.4) is 0 Å². The van der Waals surface area contributed by atoms with Crippen LogP contribution in [0, 0.1) is 0 Å². The fourth-order valence-corrected chi connectivity index (χ4v) is 0.736. The number of hydrogen-bond acceptors (Lipinski definition) is 4. The number of hydrazine groups is 1. The van der Waals surface area contributed by atoms with Crippen molar-refractivity contribution in [2.75, 3.05) is 0 Å². The Morgan fingerprint density at radius 2 is 1.92 bits per heavy atom. The highest BCUT2D eigenvalue weighted by atomic mass is 16.4. The van der Waals surface area contributed by atoms with Gasteiger partial charge in [0.2, 0.25) is 0 Å². The molecule has 0 amide bonds. The fraction of sp³-hybridized carbons (Fsp3) is 0. The summed E-state index contributed by atoms with van der Waals surface area (Å²) in [6.07, 6.45) is 2.47. The summed E-state index contributed by atoms with van der Waals surface area (Å²) in [5.74, 6) is -2.60. The first-order chi connectivity index (χ1) is 5.63. The summed E-state index contributed by atoms with van der Waals surface area (Å²) in [4.78, 5) is 20.8. The minimum atomic E-state index is -1.32. The van der Waals surface area contributed by atoms with E-state index in [1.54, 1.807) is 0 Å². The smallest absolute Gasteiger partial charge is 0.354 e. The lowest BCUT2D eigenvalue weighted by molar-refractivity contribution is -0.136. The number of carbonyl (C=O) groups is 2. The van der Waals surface area contributed by atoms with Gasteiger partial charge in [-0.15, -0.1) is 0 Å². The second-order valence-electron chi connectivity index (χ2n) is 2.00. The largest absolute Gasteiger partial charge is 0.478 e. The van der Waals surface area contributed by atoms with Crippen LogP contribution in [0.25, 0.3) is 0 Å². The first kappa shape index (κ1) is 8.12. The molecule has 6 nitrogen and oxygen atoms in total. The minimum Gasteiger partial charge on any atom is -0.478 e. The number of rotatable bonds is 2. The van der Waals surface area contributed by atoms with E-state index in [4.69, 9.17) is 10.2 Å². The summed E-state index contributed by atoms with van der Waals surface area (Å²) < 4.78 is 0. The third-order valence-electron chi connectivity index (χ3n) is 1.24. The van der Waals surface area contributed by atoms with E-state index >= 15 is 0 Å². The third-order valence-corrected chi connectivity index (χ3v) is 1.24. The predicted molar refractivity (Wildman–Crippen MR) is 37.7 cm³/mol. The second-order valence-corrected chi connectivity index (χ2v) is 2.00. The Morgan fingerprint density at radius 1 is 1.25 bits per heavy atom. The normalized spacial score (nSPS) is 15.0.